The standard InChI is InChI=1S/C18H25N5OS2/c1-3-19-18(20-7-4-15-12-26-13(2)22-15)21-10-17(24)23-8-5-16-14(11-23)6-9-25-16/h6,9,12H,3-5,7-8,10-11H2,1-2H3,(H2,19,20,21). The molecule has 0 bridgehead atoms. The molecule has 0 aromatic carbocycles. The largest absolute Gasteiger partial charge is 0.357 e. The average Bonchev–Trinajstić information content (AvgIpc) is 3.27. The van der Waals surface area contributed by atoms with Crippen LogP contribution >= 0.6 is 22.7 Å². The van der Waals surface area contributed by atoms with Gasteiger partial charge in [0.25, 0.3) is 0 Å². The second-order valence-corrected chi connectivity index (χ2v) is 8.23. The van der Waals surface area contributed by atoms with Gasteiger partial charge >= 0.3 is 0 Å². The van der Waals surface area contributed by atoms with Crippen molar-refractivity contribution in [2.24, 2.45) is 4.99 Å². The minimum Gasteiger partial charge on any atom is -0.357 e. The van der Waals surface area contributed by atoms with E-state index in [2.05, 4.69) is 37.4 Å². The number of guanidine groups is 1. The summed E-state index contributed by atoms with van der Waals surface area (Å²) in [6, 6.07) is 2.12. The monoisotopic (exact) mass is 391 g/mol. The van der Waals surface area contributed by atoms with Crippen LogP contribution in [0.25, 0.3) is 0 Å². The zero-order valence-electron chi connectivity index (χ0n) is 15.2. The molecule has 1 aliphatic rings. The lowest BCUT2D eigenvalue weighted by Crippen LogP contribution is -2.41. The van der Waals surface area contributed by atoms with Crippen molar-refractivity contribution in [3.63, 3.8) is 0 Å². The lowest BCUT2D eigenvalue weighted by atomic mass is 10.1. The van der Waals surface area contributed by atoms with Gasteiger partial charge < -0.3 is 15.5 Å². The molecule has 2 N–H and O–H groups in total. The Kier molecular flexibility index (Phi) is 6.62. The number of nitrogens with zero attached hydrogens (tertiary/aromatic N) is 3. The van der Waals surface area contributed by atoms with Gasteiger partial charge in [-0.3, -0.25) is 4.79 Å². The summed E-state index contributed by atoms with van der Waals surface area (Å²) in [5.41, 5.74) is 2.37. The zero-order chi connectivity index (χ0) is 18.4. The van der Waals surface area contributed by atoms with Crippen LogP contribution in [0.4, 0.5) is 0 Å². The van der Waals surface area contributed by atoms with E-state index in [1.165, 1.54) is 10.4 Å². The van der Waals surface area contributed by atoms with E-state index in [4.69, 9.17) is 0 Å². The Morgan fingerprint density at radius 2 is 2.27 bits per heavy atom. The van der Waals surface area contributed by atoms with Crippen molar-refractivity contribution < 1.29 is 4.79 Å². The lowest BCUT2D eigenvalue weighted by molar-refractivity contribution is -0.130. The number of aryl methyl sites for hydroxylation is 1. The van der Waals surface area contributed by atoms with Gasteiger partial charge in [-0.15, -0.1) is 22.7 Å². The van der Waals surface area contributed by atoms with Gasteiger partial charge in [0.15, 0.2) is 5.96 Å². The fourth-order valence-electron chi connectivity index (χ4n) is 2.88. The Morgan fingerprint density at radius 1 is 1.38 bits per heavy atom. The highest BCUT2D eigenvalue weighted by atomic mass is 32.1. The van der Waals surface area contributed by atoms with Gasteiger partial charge in [0.05, 0.1) is 10.7 Å². The fourth-order valence-corrected chi connectivity index (χ4v) is 4.42. The molecule has 0 saturated heterocycles. The quantitative estimate of drug-likeness (QED) is 0.585. The maximum atomic E-state index is 12.5. The van der Waals surface area contributed by atoms with Crippen molar-refractivity contribution in [2.75, 3.05) is 26.2 Å². The van der Waals surface area contributed by atoms with E-state index >= 15 is 0 Å². The summed E-state index contributed by atoms with van der Waals surface area (Å²) >= 11 is 3.45. The molecular weight excluding hydrogens is 366 g/mol. The highest BCUT2D eigenvalue weighted by Gasteiger charge is 2.21. The number of carbonyl (C=O) groups is 1. The predicted octanol–water partition coefficient (Wildman–Crippen LogP) is 2.20. The van der Waals surface area contributed by atoms with Gasteiger partial charge in [0.2, 0.25) is 5.91 Å². The lowest BCUT2D eigenvalue weighted by Gasteiger charge is -2.26. The van der Waals surface area contributed by atoms with Gasteiger partial charge in [-0.25, -0.2) is 9.98 Å². The number of hydrogen-bond donors (Lipinski definition) is 2. The van der Waals surface area contributed by atoms with E-state index in [0.717, 1.165) is 43.2 Å². The summed E-state index contributed by atoms with van der Waals surface area (Å²) in [5, 5.41) is 11.8. The molecular formula is C18H25N5OS2. The zero-order valence-corrected chi connectivity index (χ0v) is 16.9. The van der Waals surface area contributed by atoms with E-state index < -0.39 is 0 Å². The predicted molar refractivity (Wildman–Crippen MR) is 108 cm³/mol. The minimum atomic E-state index is 0.0779. The Bertz CT molecular complexity index is 767. The third-order valence-corrected chi connectivity index (χ3v) is 6.06. The Balaban J connectivity index is 1.49. The topological polar surface area (TPSA) is 69.6 Å². The van der Waals surface area contributed by atoms with Crippen LogP contribution < -0.4 is 10.6 Å². The Hall–Kier alpha value is -1.93. The number of aliphatic imine (C=N–C) groups is 1. The van der Waals surface area contributed by atoms with Crippen LogP contribution in [-0.2, 0) is 24.2 Å². The van der Waals surface area contributed by atoms with Crippen LogP contribution in [0, 0.1) is 6.92 Å². The minimum absolute atomic E-state index is 0.0779. The van der Waals surface area contributed by atoms with Gasteiger partial charge in [-0.05, 0) is 37.3 Å². The molecule has 0 aliphatic carbocycles. The second-order valence-electron chi connectivity index (χ2n) is 6.16. The molecule has 3 rings (SSSR count). The molecule has 0 radical (unpaired) electrons. The van der Waals surface area contributed by atoms with Crippen molar-refractivity contribution in [3.8, 4) is 0 Å². The normalized spacial score (nSPS) is 14.2. The van der Waals surface area contributed by atoms with Gasteiger partial charge in [-0.2, -0.15) is 0 Å². The molecule has 0 saturated carbocycles. The number of carbonyl (C=O) groups excluding carboxylic acids is 1. The van der Waals surface area contributed by atoms with Gasteiger partial charge in [-0.1, -0.05) is 0 Å². The number of amides is 1. The molecule has 26 heavy (non-hydrogen) atoms. The van der Waals surface area contributed by atoms with Gasteiger partial charge in [0, 0.05) is 42.9 Å². The van der Waals surface area contributed by atoms with Crippen LogP contribution in [0.3, 0.4) is 0 Å². The number of nitrogens with one attached hydrogen (secondary N) is 2. The van der Waals surface area contributed by atoms with Crippen molar-refractivity contribution in [2.45, 2.75) is 33.2 Å². The number of thiophene rings is 1. The van der Waals surface area contributed by atoms with E-state index in [9.17, 15) is 4.79 Å². The van der Waals surface area contributed by atoms with Crippen LogP contribution in [0.15, 0.2) is 21.8 Å². The summed E-state index contributed by atoms with van der Waals surface area (Å²) < 4.78 is 0. The van der Waals surface area contributed by atoms with E-state index in [1.807, 2.05) is 18.7 Å². The molecule has 0 fully saturated rings. The van der Waals surface area contributed by atoms with Crippen LogP contribution in [0.5, 0.6) is 0 Å². The van der Waals surface area contributed by atoms with Crippen molar-refractivity contribution in [1.82, 2.24) is 20.5 Å². The second kappa shape index (κ2) is 9.14. The maximum Gasteiger partial charge on any atom is 0.244 e. The summed E-state index contributed by atoms with van der Waals surface area (Å²) in [6.07, 6.45) is 1.80. The molecule has 2 aromatic heterocycles. The fraction of sp³-hybridized carbons (Fsp3) is 0.500. The highest BCUT2D eigenvalue weighted by Crippen LogP contribution is 2.23. The molecule has 0 unspecified atom stereocenters. The van der Waals surface area contributed by atoms with E-state index in [1.54, 1.807) is 22.7 Å². The Morgan fingerprint density at radius 3 is 3.04 bits per heavy atom. The first-order chi connectivity index (χ1) is 12.7. The molecule has 8 heteroatoms. The number of fused-ring (bicyclic) bond motifs is 1. The van der Waals surface area contributed by atoms with Crippen molar-refractivity contribution in [1.29, 1.82) is 0 Å². The summed E-state index contributed by atoms with van der Waals surface area (Å²) in [6.45, 7) is 7.20. The summed E-state index contributed by atoms with van der Waals surface area (Å²) in [7, 11) is 0. The van der Waals surface area contributed by atoms with Crippen LogP contribution in [0.1, 0.15) is 28.1 Å². The van der Waals surface area contributed by atoms with Crippen molar-refractivity contribution in [3.05, 3.63) is 38.0 Å². The maximum absolute atomic E-state index is 12.5. The van der Waals surface area contributed by atoms with E-state index in [-0.39, 0.29) is 12.5 Å². The smallest absolute Gasteiger partial charge is 0.244 e. The third kappa shape index (κ3) is 5.04. The highest BCUT2D eigenvalue weighted by molar-refractivity contribution is 7.10. The molecule has 0 atom stereocenters. The van der Waals surface area contributed by atoms with E-state index in [0.29, 0.717) is 12.5 Å². The first-order valence-electron chi connectivity index (χ1n) is 8.92. The molecule has 1 amide bonds. The number of hydrogen-bond acceptors (Lipinski definition) is 5. The molecule has 140 valence electrons. The molecule has 1 aliphatic heterocycles. The first-order valence-corrected chi connectivity index (χ1v) is 10.7. The van der Waals surface area contributed by atoms with Gasteiger partial charge in [0.1, 0.15) is 6.54 Å². The summed E-state index contributed by atoms with van der Waals surface area (Å²) in [5.74, 6) is 0.759. The van der Waals surface area contributed by atoms with Crippen LogP contribution in [-0.4, -0.2) is 47.9 Å². The SMILES string of the molecule is CCNC(=NCC(=O)N1CCc2sccc2C1)NCCc1csc(C)n1. The number of rotatable bonds is 6. The molecule has 3 heterocycles. The first kappa shape index (κ1) is 18.8. The number of thiazole rings is 1. The Labute approximate surface area is 162 Å². The molecule has 2 aromatic rings. The third-order valence-electron chi connectivity index (χ3n) is 4.22. The van der Waals surface area contributed by atoms with Crippen molar-refractivity contribution >= 4 is 34.5 Å². The number of aromatic nitrogens is 1. The average molecular weight is 392 g/mol. The van der Waals surface area contributed by atoms with Crippen LogP contribution in [0.2, 0.25) is 0 Å². The molecule has 0 spiro atoms. The molecule has 6 nitrogen and oxygen atoms in total. The summed E-state index contributed by atoms with van der Waals surface area (Å²) in [4.78, 5) is 24.7.